The number of allylic oxidation sites excluding steroid dienone is 2. The topological polar surface area (TPSA) is 30.6 Å². The van der Waals surface area contributed by atoms with Gasteiger partial charge < -0.3 is 19.3 Å². The molecule has 14 aromatic rings. The highest BCUT2D eigenvalue weighted by atomic mass is 15.3. The molecular weight excluding hydrogens is 937 g/mol. The monoisotopic (exact) mass is 981 g/mol. The summed E-state index contributed by atoms with van der Waals surface area (Å²) in [5, 5.41) is 14.9. The molecule has 0 amide bonds. The van der Waals surface area contributed by atoms with Crippen LogP contribution < -0.4 is 19.3 Å². The highest BCUT2D eigenvalue weighted by Gasteiger charge is 2.41. The third-order valence-electron chi connectivity index (χ3n) is 16.5. The molecule has 17 rings (SSSR count). The van der Waals surface area contributed by atoms with Gasteiger partial charge in [0.1, 0.15) is 11.7 Å². The molecule has 2 aliphatic heterocycles. The summed E-state index contributed by atoms with van der Waals surface area (Å²) in [6.45, 7) is 0. The lowest BCUT2D eigenvalue weighted by molar-refractivity contribution is 0.899. The molecule has 0 saturated carbocycles. The van der Waals surface area contributed by atoms with E-state index in [9.17, 15) is 0 Å². The number of hydrogen-bond donors (Lipinski definition) is 0. The minimum atomic E-state index is -0.0676. The van der Waals surface area contributed by atoms with Crippen LogP contribution in [0.15, 0.2) is 267 Å². The van der Waals surface area contributed by atoms with E-state index in [0.717, 1.165) is 68.1 Å². The van der Waals surface area contributed by atoms with Crippen molar-refractivity contribution in [1.82, 2.24) is 14.1 Å². The first-order valence-corrected chi connectivity index (χ1v) is 26.5. The van der Waals surface area contributed by atoms with Gasteiger partial charge in [0.15, 0.2) is 0 Å². The lowest BCUT2D eigenvalue weighted by Gasteiger charge is -2.40. The summed E-state index contributed by atoms with van der Waals surface area (Å²) in [6, 6.07) is 85.2. The fourth-order valence-electron chi connectivity index (χ4n) is 13.3. The van der Waals surface area contributed by atoms with Gasteiger partial charge >= 0.3 is 0 Å². The van der Waals surface area contributed by atoms with Crippen molar-refractivity contribution in [2.45, 2.75) is 6.04 Å². The molecule has 0 radical (unpaired) electrons. The number of fused-ring (bicyclic) bond motifs is 11. The molecule has 0 N–H and O–H groups in total. The van der Waals surface area contributed by atoms with E-state index in [2.05, 4.69) is 284 Å². The zero-order valence-electron chi connectivity index (χ0n) is 41.7. The Hall–Kier alpha value is -10.3. The molecule has 2 aromatic heterocycles. The summed E-state index contributed by atoms with van der Waals surface area (Å²) >= 11 is 0. The van der Waals surface area contributed by atoms with Crippen molar-refractivity contribution in [2.75, 3.05) is 14.7 Å². The van der Waals surface area contributed by atoms with Gasteiger partial charge in [0.25, 0.3) is 0 Å². The molecule has 358 valence electrons. The Morgan fingerprint density at radius 3 is 1.70 bits per heavy atom. The Bertz CT molecular complexity index is 4820. The third-order valence-corrected chi connectivity index (χ3v) is 16.5. The second-order valence-corrected chi connectivity index (χ2v) is 20.5. The Kier molecular flexibility index (Phi) is 8.80. The lowest BCUT2D eigenvalue weighted by atomic mass is 9.91. The van der Waals surface area contributed by atoms with E-state index in [1.54, 1.807) is 0 Å². The maximum atomic E-state index is 4.49. The molecule has 1 aliphatic carbocycles. The van der Waals surface area contributed by atoms with E-state index in [4.69, 9.17) is 0 Å². The number of nitrogens with zero attached hydrogens (tertiary/aromatic N) is 6. The fraction of sp³-hybridized carbons (Fsp3) is 0.0141. The van der Waals surface area contributed by atoms with Crippen LogP contribution >= 0.6 is 0 Å². The molecule has 6 nitrogen and oxygen atoms in total. The summed E-state index contributed by atoms with van der Waals surface area (Å²) in [4.78, 5) is 11.8. The van der Waals surface area contributed by atoms with Gasteiger partial charge in [0.2, 0.25) is 17.1 Å². The molecule has 0 bridgehead atoms. The van der Waals surface area contributed by atoms with Gasteiger partial charge in [-0.15, -0.1) is 0 Å². The average Bonchev–Trinajstić information content (AvgIpc) is 4.05. The predicted octanol–water partition coefficient (Wildman–Crippen LogP) is 18.6. The predicted molar refractivity (Wildman–Crippen MR) is 324 cm³/mol. The standard InChI is InChI=1S/C71H45N6/c1-3-16-50(17-4-1)73-59-20-7-10-23-62(59)76(63-24-11-8-21-60(63)73)53-31-34-55-47(40-53)27-28-48-41-54(32-35-56(48)55)77-64-25-12-9-22-61(64)74(51-18-5-2-6-19-51)66-43-58-65(44-67(66)77)75(52-36-38-72-39-37-52)68-42-49-29-26-45-14-13-15-46-30-33-57(71(58)68)70(49)69(45)46/h1-44,61H/q+1. The van der Waals surface area contributed by atoms with E-state index >= 15 is 0 Å². The second kappa shape index (κ2) is 16.1. The molecule has 6 heteroatoms. The summed E-state index contributed by atoms with van der Waals surface area (Å²) in [5.41, 5.74) is 15.9. The highest BCUT2D eigenvalue weighted by molar-refractivity contribution is 6.33. The van der Waals surface area contributed by atoms with Gasteiger partial charge in [-0.1, -0.05) is 140 Å². The van der Waals surface area contributed by atoms with Crippen molar-refractivity contribution in [1.29, 1.82) is 0 Å². The number of benzene rings is 12. The lowest BCUT2D eigenvalue weighted by Crippen LogP contribution is -2.44. The highest BCUT2D eigenvalue weighted by Crippen LogP contribution is 2.55. The molecule has 3 aliphatic rings. The molecule has 1 atom stereocenters. The zero-order valence-corrected chi connectivity index (χ0v) is 41.7. The molecule has 0 spiro atoms. The number of pyridine rings is 1. The number of para-hydroxylation sites is 6. The van der Waals surface area contributed by atoms with Gasteiger partial charge in [-0.05, 0) is 145 Å². The van der Waals surface area contributed by atoms with Crippen LogP contribution in [0.5, 0.6) is 0 Å². The number of rotatable bonds is 5. The fourth-order valence-corrected chi connectivity index (χ4v) is 13.3. The number of aromatic nitrogens is 2. The van der Waals surface area contributed by atoms with E-state index < -0.39 is 0 Å². The molecule has 77 heavy (non-hydrogen) atoms. The average molecular weight is 982 g/mol. The van der Waals surface area contributed by atoms with Crippen LogP contribution in [-0.4, -0.2) is 21.3 Å². The van der Waals surface area contributed by atoms with Crippen molar-refractivity contribution in [3.63, 3.8) is 0 Å². The van der Waals surface area contributed by atoms with Crippen LogP contribution in [0, 0.1) is 0 Å². The van der Waals surface area contributed by atoms with E-state index in [0.29, 0.717) is 0 Å². The quantitative estimate of drug-likeness (QED) is 0.127. The van der Waals surface area contributed by atoms with Crippen LogP contribution in [0.1, 0.15) is 0 Å². The first kappa shape index (κ1) is 42.1. The van der Waals surface area contributed by atoms with Crippen molar-refractivity contribution in [2.24, 2.45) is 0 Å². The molecule has 1 unspecified atom stereocenters. The number of hydrogen-bond acceptors (Lipinski definition) is 4. The van der Waals surface area contributed by atoms with Crippen molar-refractivity contribution in [3.8, 4) is 5.69 Å². The largest absolute Gasteiger partial charge is 0.319 e. The van der Waals surface area contributed by atoms with Crippen LogP contribution in [-0.2, 0) is 0 Å². The van der Waals surface area contributed by atoms with E-state index in [-0.39, 0.29) is 6.04 Å². The molecule has 4 heterocycles. The Labute approximate surface area is 443 Å². The molecular formula is C71H45N6+. The molecule has 0 fully saturated rings. The van der Waals surface area contributed by atoms with Gasteiger partial charge in [-0.25, -0.2) is 0 Å². The second-order valence-electron chi connectivity index (χ2n) is 20.5. The molecule has 12 aromatic carbocycles. The first-order valence-electron chi connectivity index (χ1n) is 26.5. The minimum absolute atomic E-state index is 0.0676. The summed E-state index contributed by atoms with van der Waals surface area (Å²) in [7, 11) is 0. The Balaban J connectivity index is 0.868. The van der Waals surface area contributed by atoms with Gasteiger partial charge in [-0.3, -0.25) is 4.98 Å². The van der Waals surface area contributed by atoms with Crippen molar-refractivity contribution < 1.29 is 0 Å². The molecule has 0 saturated heterocycles. The van der Waals surface area contributed by atoms with E-state index in [1.165, 1.54) is 75.9 Å². The van der Waals surface area contributed by atoms with Crippen LogP contribution in [0.3, 0.4) is 0 Å². The van der Waals surface area contributed by atoms with Crippen molar-refractivity contribution in [3.05, 3.63) is 267 Å². The minimum Gasteiger partial charge on any atom is -0.319 e. The maximum absolute atomic E-state index is 4.49. The van der Waals surface area contributed by atoms with Crippen LogP contribution in [0.4, 0.5) is 56.9 Å². The Morgan fingerprint density at radius 2 is 0.974 bits per heavy atom. The smallest absolute Gasteiger partial charge is 0.237 e. The van der Waals surface area contributed by atoms with Crippen LogP contribution in [0.2, 0.25) is 0 Å². The van der Waals surface area contributed by atoms with Gasteiger partial charge in [-0.2, -0.15) is 4.58 Å². The number of anilines is 8. The van der Waals surface area contributed by atoms with Gasteiger partial charge in [0.05, 0.1) is 33.8 Å². The third kappa shape index (κ3) is 6.06. The van der Waals surface area contributed by atoms with Crippen molar-refractivity contribution >= 4 is 138 Å². The first-order chi connectivity index (χ1) is 38.2. The van der Waals surface area contributed by atoms with E-state index in [1.807, 2.05) is 12.4 Å². The maximum Gasteiger partial charge on any atom is 0.237 e. The summed E-state index contributed by atoms with van der Waals surface area (Å²) in [6.07, 6.45) is 12.9. The Morgan fingerprint density at radius 1 is 0.364 bits per heavy atom. The zero-order chi connectivity index (χ0) is 50.3. The van der Waals surface area contributed by atoms with Crippen LogP contribution in [0.25, 0.3) is 81.4 Å². The summed E-state index contributed by atoms with van der Waals surface area (Å²) < 4.78 is 4.98. The SMILES string of the molecule is C1=CC2=[N+](c3ccc4c(ccc5cc(N6c7ccccc7N(c7ccccc7)c7ccccc76)ccc54)c3)c3cc4c(cc3N(c3ccccc3)C2C=C1)c1c2ccc3cccc5ccc(cc1n4-c1ccncc1)c2c53. The summed E-state index contributed by atoms with van der Waals surface area (Å²) in [5.74, 6) is 0. The van der Waals surface area contributed by atoms with Gasteiger partial charge in [0, 0.05) is 70.2 Å². The normalized spacial score (nSPS) is 14.9.